The van der Waals surface area contributed by atoms with Crippen LogP contribution in [0.1, 0.15) is 29.0 Å². The van der Waals surface area contributed by atoms with Crippen molar-refractivity contribution in [1.82, 2.24) is 15.1 Å². The van der Waals surface area contributed by atoms with E-state index in [0.29, 0.717) is 18.2 Å². The molecule has 0 aliphatic carbocycles. The highest BCUT2D eigenvalue weighted by Gasteiger charge is 2.27. The topological polar surface area (TPSA) is 35.6 Å². The first-order valence-corrected chi connectivity index (χ1v) is 9.65. The van der Waals surface area contributed by atoms with E-state index < -0.39 is 0 Å². The third-order valence-corrected chi connectivity index (χ3v) is 5.58. The number of piperazine rings is 1. The van der Waals surface area contributed by atoms with E-state index >= 15 is 0 Å². The van der Waals surface area contributed by atoms with Crippen molar-refractivity contribution in [2.24, 2.45) is 0 Å². The van der Waals surface area contributed by atoms with Gasteiger partial charge in [0.25, 0.3) is 0 Å². The minimum atomic E-state index is 0.293. The summed E-state index contributed by atoms with van der Waals surface area (Å²) in [5.41, 5.74) is 4.18. The summed E-state index contributed by atoms with van der Waals surface area (Å²) in [6.45, 7) is 6.27. The van der Waals surface area contributed by atoms with Crippen molar-refractivity contribution < 1.29 is 4.79 Å². The molecule has 4 nitrogen and oxygen atoms in total. The molecule has 1 fully saturated rings. The lowest BCUT2D eigenvalue weighted by molar-refractivity contribution is -0.132. The first kappa shape index (κ1) is 17.3. The molecule has 1 N–H and O–H groups in total. The summed E-state index contributed by atoms with van der Waals surface area (Å²) in [7, 11) is 0. The predicted octanol–water partition coefficient (Wildman–Crippen LogP) is 2.46. The van der Waals surface area contributed by atoms with Crippen LogP contribution in [0, 0.1) is 0 Å². The van der Waals surface area contributed by atoms with Crippen molar-refractivity contribution in [3.8, 4) is 0 Å². The molecule has 0 radical (unpaired) electrons. The highest BCUT2D eigenvalue weighted by molar-refractivity contribution is 5.76. The molecule has 0 spiro atoms. The Bertz CT molecular complexity index is 740. The van der Waals surface area contributed by atoms with Crippen LogP contribution in [0.15, 0.2) is 54.6 Å². The van der Waals surface area contributed by atoms with Crippen molar-refractivity contribution in [1.29, 1.82) is 0 Å². The first-order chi connectivity index (χ1) is 12.8. The number of amides is 1. The minimum Gasteiger partial charge on any atom is -0.340 e. The van der Waals surface area contributed by atoms with Gasteiger partial charge >= 0.3 is 0 Å². The van der Waals surface area contributed by atoms with Gasteiger partial charge in [-0.1, -0.05) is 54.6 Å². The van der Waals surface area contributed by atoms with Crippen molar-refractivity contribution in [2.45, 2.75) is 18.9 Å². The van der Waals surface area contributed by atoms with Crippen LogP contribution in [0.3, 0.4) is 0 Å². The van der Waals surface area contributed by atoms with Crippen LogP contribution in [0.2, 0.25) is 0 Å². The second-order valence-electron chi connectivity index (χ2n) is 7.28. The molecule has 2 heterocycles. The Morgan fingerprint density at radius 1 is 1.00 bits per heavy atom. The Hall–Kier alpha value is -2.17. The van der Waals surface area contributed by atoms with E-state index in [1.54, 1.807) is 0 Å². The standard InChI is InChI=1S/C22H27N3O/c26-22(25-14-11-23-12-15-25)10-13-24-16-19-8-4-5-9-20(19)21(17-24)18-6-2-1-3-7-18/h1-9,21,23H,10-17H2. The van der Waals surface area contributed by atoms with E-state index in [1.165, 1.54) is 16.7 Å². The van der Waals surface area contributed by atoms with Gasteiger partial charge in [0.05, 0.1) is 0 Å². The van der Waals surface area contributed by atoms with Crippen molar-refractivity contribution in [3.63, 3.8) is 0 Å². The first-order valence-electron chi connectivity index (χ1n) is 9.65. The number of nitrogens with one attached hydrogen (secondary N) is 1. The second kappa shape index (κ2) is 8.02. The number of benzene rings is 2. The summed E-state index contributed by atoms with van der Waals surface area (Å²) in [4.78, 5) is 17.0. The predicted molar refractivity (Wildman–Crippen MR) is 104 cm³/mol. The van der Waals surface area contributed by atoms with Gasteiger partial charge in [-0.3, -0.25) is 9.69 Å². The third-order valence-electron chi connectivity index (χ3n) is 5.58. The van der Waals surface area contributed by atoms with Crippen LogP contribution in [-0.4, -0.2) is 55.0 Å². The highest BCUT2D eigenvalue weighted by atomic mass is 16.2. The minimum absolute atomic E-state index is 0.293. The Kier molecular flexibility index (Phi) is 5.32. The van der Waals surface area contributed by atoms with Crippen LogP contribution in [0.5, 0.6) is 0 Å². The quantitative estimate of drug-likeness (QED) is 0.921. The zero-order chi connectivity index (χ0) is 17.8. The monoisotopic (exact) mass is 349 g/mol. The molecule has 0 aromatic heterocycles. The van der Waals surface area contributed by atoms with E-state index in [4.69, 9.17) is 0 Å². The maximum Gasteiger partial charge on any atom is 0.223 e. The molecule has 1 atom stereocenters. The van der Waals surface area contributed by atoms with Gasteiger partial charge < -0.3 is 10.2 Å². The fourth-order valence-corrected chi connectivity index (χ4v) is 4.15. The second-order valence-corrected chi connectivity index (χ2v) is 7.28. The van der Waals surface area contributed by atoms with Gasteiger partial charge in [-0.2, -0.15) is 0 Å². The molecule has 2 aromatic rings. The average molecular weight is 349 g/mol. The van der Waals surface area contributed by atoms with E-state index in [2.05, 4.69) is 64.8 Å². The Balaban J connectivity index is 1.46. The smallest absolute Gasteiger partial charge is 0.223 e. The normalized spacial score (nSPS) is 20.6. The number of nitrogens with zero attached hydrogens (tertiary/aromatic N) is 2. The molecule has 1 amide bonds. The lowest BCUT2D eigenvalue weighted by Crippen LogP contribution is -2.47. The molecule has 1 unspecified atom stereocenters. The van der Waals surface area contributed by atoms with Crippen molar-refractivity contribution in [3.05, 3.63) is 71.3 Å². The zero-order valence-electron chi connectivity index (χ0n) is 15.2. The Labute approximate surface area is 155 Å². The van der Waals surface area contributed by atoms with Crippen molar-refractivity contribution in [2.75, 3.05) is 39.3 Å². The van der Waals surface area contributed by atoms with Crippen LogP contribution < -0.4 is 5.32 Å². The molecule has 4 heteroatoms. The SMILES string of the molecule is O=C(CCN1Cc2ccccc2C(c2ccccc2)C1)N1CCNCC1. The molecule has 0 bridgehead atoms. The summed E-state index contributed by atoms with van der Waals surface area (Å²) in [6, 6.07) is 19.5. The third kappa shape index (κ3) is 3.81. The lowest BCUT2D eigenvalue weighted by Gasteiger charge is -2.35. The fourth-order valence-electron chi connectivity index (χ4n) is 4.15. The lowest BCUT2D eigenvalue weighted by atomic mass is 9.84. The summed E-state index contributed by atoms with van der Waals surface area (Å²) in [5, 5.41) is 3.31. The molecule has 26 heavy (non-hydrogen) atoms. The molecular weight excluding hydrogens is 322 g/mol. The number of carbonyl (C=O) groups excluding carboxylic acids is 1. The van der Waals surface area contributed by atoms with Crippen LogP contribution in [0.4, 0.5) is 0 Å². The number of fused-ring (bicyclic) bond motifs is 1. The number of carbonyl (C=O) groups is 1. The number of rotatable bonds is 4. The summed E-state index contributed by atoms with van der Waals surface area (Å²) in [6.07, 6.45) is 0.615. The van der Waals surface area contributed by atoms with E-state index in [-0.39, 0.29) is 0 Å². The van der Waals surface area contributed by atoms with Crippen LogP contribution in [-0.2, 0) is 11.3 Å². The molecule has 4 rings (SSSR count). The largest absolute Gasteiger partial charge is 0.340 e. The summed E-state index contributed by atoms with van der Waals surface area (Å²) >= 11 is 0. The van der Waals surface area contributed by atoms with Crippen LogP contribution in [0.25, 0.3) is 0 Å². The van der Waals surface area contributed by atoms with Crippen LogP contribution >= 0.6 is 0 Å². The summed E-state index contributed by atoms with van der Waals surface area (Å²) in [5.74, 6) is 0.678. The molecule has 2 aliphatic rings. The molecule has 2 aliphatic heterocycles. The molecule has 1 saturated heterocycles. The van der Waals surface area contributed by atoms with Gasteiger partial charge in [-0.25, -0.2) is 0 Å². The molecule has 136 valence electrons. The molecular formula is C22H27N3O. The van der Waals surface area contributed by atoms with E-state index in [0.717, 1.165) is 45.8 Å². The van der Waals surface area contributed by atoms with Gasteiger partial charge in [0.15, 0.2) is 0 Å². The van der Waals surface area contributed by atoms with Gasteiger partial charge in [-0.05, 0) is 16.7 Å². The zero-order valence-corrected chi connectivity index (χ0v) is 15.2. The number of hydrogen-bond acceptors (Lipinski definition) is 3. The number of hydrogen-bond donors (Lipinski definition) is 1. The fraction of sp³-hybridized carbons (Fsp3) is 0.409. The van der Waals surface area contributed by atoms with E-state index in [9.17, 15) is 4.79 Å². The Morgan fingerprint density at radius 2 is 1.73 bits per heavy atom. The van der Waals surface area contributed by atoms with E-state index in [1.807, 2.05) is 4.90 Å². The maximum absolute atomic E-state index is 12.5. The Morgan fingerprint density at radius 3 is 2.54 bits per heavy atom. The van der Waals surface area contributed by atoms with Gasteiger partial charge in [-0.15, -0.1) is 0 Å². The summed E-state index contributed by atoms with van der Waals surface area (Å²) < 4.78 is 0. The average Bonchev–Trinajstić information content (AvgIpc) is 2.72. The highest BCUT2D eigenvalue weighted by Crippen LogP contribution is 2.33. The van der Waals surface area contributed by atoms with Crippen molar-refractivity contribution >= 4 is 5.91 Å². The molecule has 2 aromatic carbocycles. The maximum atomic E-state index is 12.5. The van der Waals surface area contributed by atoms with Gasteiger partial charge in [0.1, 0.15) is 0 Å². The van der Waals surface area contributed by atoms with Gasteiger partial charge in [0, 0.05) is 58.2 Å². The van der Waals surface area contributed by atoms with Gasteiger partial charge in [0.2, 0.25) is 5.91 Å². The molecule has 0 saturated carbocycles.